The molecule has 0 aromatic carbocycles. The second kappa shape index (κ2) is 4.06. The minimum absolute atomic E-state index is 0.321. The van der Waals surface area contributed by atoms with Crippen molar-refractivity contribution in [3.8, 4) is 0 Å². The zero-order chi connectivity index (χ0) is 10.8. The van der Waals surface area contributed by atoms with E-state index in [1.807, 2.05) is 11.6 Å². The summed E-state index contributed by atoms with van der Waals surface area (Å²) in [6, 6.07) is 0. The van der Waals surface area contributed by atoms with Crippen molar-refractivity contribution in [2.45, 2.75) is 6.42 Å². The van der Waals surface area contributed by atoms with Gasteiger partial charge < -0.3 is 10.3 Å². The highest BCUT2D eigenvalue weighted by molar-refractivity contribution is 7.98. The largest absolute Gasteiger partial charge is 0.368 e. The fraction of sp³-hybridized carbons (Fsp3) is 0.444. The number of anilines is 1. The SMILES string of the molecule is CSCCc1nc(N)nc2c1ncn2C. The summed E-state index contributed by atoms with van der Waals surface area (Å²) < 4.78 is 1.86. The lowest BCUT2D eigenvalue weighted by Crippen LogP contribution is -2.03. The molecule has 2 aromatic rings. The Bertz CT molecular complexity index is 479. The predicted molar refractivity (Wildman–Crippen MR) is 62.8 cm³/mol. The Kier molecular flexibility index (Phi) is 2.77. The summed E-state index contributed by atoms with van der Waals surface area (Å²) >= 11 is 1.78. The van der Waals surface area contributed by atoms with Gasteiger partial charge in [0.2, 0.25) is 5.95 Å². The first-order valence-corrected chi connectivity index (χ1v) is 6.04. The lowest BCUT2D eigenvalue weighted by atomic mass is 10.3. The monoisotopic (exact) mass is 223 g/mol. The molecule has 0 atom stereocenters. The highest BCUT2D eigenvalue weighted by atomic mass is 32.2. The zero-order valence-electron chi connectivity index (χ0n) is 8.77. The molecule has 0 aliphatic rings. The van der Waals surface area contributed by atoms with E-state index in [1.54, 1.807) is 18.1 Å². The van der Waals surface area contributed by atoms with Crippen molar-refractivity contribution in [2.24, 2.45) is 7.05 Å². The molecule has 0 saturated heterocycles. The fourth-order valence-electron chi connectivity index (χ4n) is 1.46. The molecule has 0 bridgehead atoms. The number of aryl methyl sites for hydroxylation is 2. The molecule has 2 aromatic heterocycles. The summed E-state index contributed by atoms with van der Waals surface area (Å²) in [6.07, 6.45) is 4.68. The van der Waals surface area contributed by atoms with Crippen LogP contribution in [0.1, 0.15) is 5.69 Å². The van der Waals surface area contributed by atoms with Gasteiger partial charge in [0.25, 0.3) is 0 Å². The number of nitrogens with zero attached hydrogens (tertiary/aromatic N) is 4. The van der Waals surface area contributed by atoms with Crippen LogP contribution in [-0.4, -0.2) is 31.5 Å². The summed E-state index contributed by atoms with van der Waals surface area (Å²) in [6.45, 7) is 0. The quantitative estimate of drug-likeness (QED) is 0.835. The van der Waals surface area contributed by atoms with E-state index in [-0.39, 0.29) is 0 Å². The Labute approximate surface area is 92.1 Å². The van der Waals surface area contributed by atoms with E-state index in [0.29, 0.717) is 5.95 Å². The number of nitrogen functional groups attached to an aromatic ring is 1. The molecule has 80 valence electrons. The van der Waals surface area contributed by atoms with Gasteiger partial charge in [-0.05, 0) is 12.0 Å². The molecule has 0 aliphatic carbocycles. The smallest absolute Gasteiger partial charge is 0.222 e. The standard InChI is InChI=1S/C9H13N5S/c1-14-5-11-7-6(3-4-15-2)12-9(10)13-8(7)14/h5H,3-4H2,1-2H3,(H2,10,12,13). The van der Waals surface area contributed by atoms with Crippen LogP contribution >= 0.6 is 11.8 Å². The first-order valence-electron chi connectivity index (χ1n) is 4.64. The van der Waals surface area contributed by atoms with Gasteiger partial charge in [-0.2, -0.15) is 16.7 Å². The van der Waals surface area contributed by atoms with Crippen molar-refractivity contribution < 1.29 is 0 Å². The van der Waals surface area contributed by atoms with Crippen LogP contribution in [0.2, 0.25) is 0 Å². The number of hydrogen-bond acceptors (Lipinski definition) is 5. The maximum Gasteiger partial charge on any atom is 0.222 e. The highest BCUT2D eigenvalue weighted by Gasteiger charge is 2.09. The summed E-state index contributed by atoms with van der Waals surface area (Å²) in [7, 11) is 1.90. The molecule has 5 nitrogen and oxygen atoms in total. The molecule has 0 radical (unpaired) electrons. The zero-order valence-corrected chi connectivity index (χ0v) is 9.58. The van der Waals surface area contributed by atoms with E-state index in [0.717, 1.165) is 29.0 Å². The van der Waals surface area contributed by atoms with Crippen LogP contribution in [0.25, 0.3) is 11.2 Å². The normalized spacial score (nSPS) is 11.1. The van der Waals surface area contributed by atoms with Crippen LogP contribution in [0, 0.1) is 0 Å². The number of rotatable bonds is 3. The lowest BCUT2D eigenvalue weighted by Gasteiger charge is -2.02. The predicted octanol–water partition coefficient (Wildman–Crippen LogP) is 0.851. The van der Waals surface area contributed by atoms with Crippen LogP contribution in [0.3, 0.4) is 0 Å². The molecule has 0 saturated carbocycles. The fourth-order valence-corrected chi connectivity index (χ4v) is 1.85. The van der Waals surface area contributed by atoms with E-state index in [9.17, 15) is 0 Å². The van der Waals surface area contributed by atoms with E-state index in [1.165, 1.54) is 0 Å². The van der Waals surface area contributed by atoms with Crippen molar-refractivity contribution in [2.75, 3.05) is 17.7 Å². The molecule has 0 unspecified atom stereocenters. The van der Waals surface area contributed by atoms with Gasteiger partial charge in [0.1, 0.15) is 5.52 Å². The topological polar surface area (TPSA) is 69.6 Å². The summed E-state index contributed by atoms with van der Waals surface area (Å²) in [5.41, 5.74) is 8.26. The van der Waals surface area contributed by atoms with Gasteiger partial charge in [-0.25, -0.2) is 9.97 Å². The summed E-state index contributed by atoms with van der Waals surface area (Å²) in [5.74, 6) is 1.34. The van der Waals surface area contributed by atoms with Crippen LogP contribution in [0.4, 0.5) is 5.95 Å². The third-order valence-corrected chi connectivity index (χ3v) is 2.80. The molecule has 2 rings (SSSR count). The third kappa shape index (κ3) is 1.90. The van der Waals surface area contributed by atoms with Crippen LogP contribution in [0.15, 0.2) is 6.33 Å². The van der Waals surface area contributed by atoms with Gasteiger partial charge in [0.05, 0.1) is 12.0 Å². The highest BCUT2D eigenvalue weighted by Crippen LogP contribution is 2.15. The second-order valence-electron chi connectivity index (χ2n) is 3.30. The Morgan fingerprint density at radius 3 is 3.00 bits per heavy atom. The van der Waals surface area contributed by atoms with Crippen LogP contribution in [-0.2, 0) is 13.5 Å². The van der Waals surface area contributed by atoms with Crippen LogP contribution < -0.4 is 5.73 Å². The maximum atomic E-state index is 5.65. The molecule has 0 aliphatic heterocycles. The molecule has 0 spiro atoms. The first-order chi connectivity index (χ1) is 7.22. The van der Waals surface area contributed by atoms with Crippen molar-refractivity contribution >= 4 is 28.9 Å². The minimum Gasteiger partial charge on any atom is -0.368 e. The molecule has 15 heavy (non-hydrogen) atoms. The van der Waals surface area contributed by atoms with Gasteiger partial charge in [-0.3, -0.25) is 0 Å². The minimum atomic E-state index is 0.321. The van der Waals surface area contributed by atoms with Gasteiger partial charge in [-0.1, -0.05) is 0 Å². The van der Waals surface area contributed by atoms with Gasteiger partial charge in [0, 0.05) is 13.5 Å². The number of imidazole rings is 1. The average Bonchev–Trinajstić information content (AvgIpc) is 2.57. The lowest BCUT2D eigenvalue weighted by molar-refractivity contribution is 0.927. The summed E-state index contributed by atoms with van der Waals surface area (Å²) in [4.78, 5) is 12.7. The maximum absolute atomic E-state index is 5.65. The molecular formula is C9H13N5S. The Morgan fingerprint density at radius 2 is 2.27 bits per heavy atom. The van der Waals surface area contributed by atoms with Crippen molar-refractivity contribution in [3.05, 3.63) is 12.0 Å². The second-order valence-corrected chi connectivity index (χ2v) is 4.28. The number of hydrogen-bond donors (Lipinski definition) is 1. The molecular weight excluding hydrogens is 210 g/mol. The Morgan fingerprint density at radius 1 is 1.47 bits per heavy atom. The van der Waals surface area contributed by atoms with Crippen molar-refractivity contribution in [3.63, 3.8) is 0 Å². The van der Waals surface area contributed by atoms with Gasteiger partial charge in [0.15, 0.2) is 5.65 Å². The molecule has 2 N–H and O–H groups in total. The van der Waals surface area contributed by atoms with E-state index in [4.69, 9.17) is 5.73 Å². The summed E-state index contributed by atoms with van der Waals surface area (Å²) in [5, 5.41) is 0. The van der Waals surface area contributed by atoms with E-state index in [2.05, 4.69) is 21.2 Å². The van der Waals surface area contributed by atoms with Crippen molar-refractivity contribution in [1.82, 2.24) is 19.5 Å². The number of thioether (sulfide) groups is 1. The molecule has 6 heteroatoms. The van der Waals surface area contributed by atoms with Crippen LogP contribution in [0.5, 0.6) is 0 Å². The Balaban J connectivity index is 2.52. The third-order valence-electron chi connectivity index (χ3n) is 2.19. The molecule has 0 amide bonds. The molecule has 2 heterocycles. The van der Waals surface area contributed by atoms with Crippen molar-refractivity contribution in [1.29, 1.82) is 0 Å². The Hall–Kier alpha value is -1.30. The molecule has 0 fully saturated rings. The number of aromatic nitrogens is 4. The van der Waals surface area contributed by atoms with Gasteiger partial charge in [-0.15, -0.1) is 0 Å². The van der Waals surface area contributed by atoms with E-state index >= 15 is 0 Å². The van der Waals surface area contributed by atoms with E-state index < -0.39 is 0 Å². The average molecular weight is 223 g/mol. The number of nitrogens with two attached hydrogens (primary N) is 1. The number of fused-ring (bicyclic) bond motifs is 1. The van der Waals surface area contributed by atoms with Gasteiger partial charge >= 0.3 is 0 Å². The first kappa shape index (κ1) is 10.2.